The molecule has 0 bridgehead atoms. The number of nitrogens with two attached hydrogens (primary N) is 1. The molecule has 0 saturated carbocycles. The molecule has 0 aliphatic carbocycles. The summed E-state index contributed by atoms with van der Waals surface area (Å²) in [5, 5.41) is 0. The largest absolute Gasteiger partial charge is 0.465 e. The van der Waals surface area contributed by atoms with E-state index in [2.05, 4.69) is 0 Å². The first kappa shape index (κ1) is 13.4. The number of esters is 1. The molecule has 2 atom stereocenters. The van der Waals surface area contributed by atoms with Crippen molar-refractivity contribution in [2.45, 2.75) is 32.9 Å². The van der Waals surface area contributed by atoms with Gasteiger partial charge in [-0.3, -0.25) is 4.79 Å². The lowest BCUT2D eigenvalue weighted by Crippen LogP contribution is -2.52. The lowest BCUT2D eigenvalue weighted by atomic mass is 9.96. The molecule has 0 aliphatic rings. The molecule has 0 aromatic carbocycles. The summed E-state index contributed by atoms with van der Waals surface area (Å²) in [5.74, 6) is 0.00399. The molecule has 0 radical (unpaired) electrons. The molecule has 0 amide bonds. The normalized spacial score (nSPS) is 15.7. The Bertz CT molecular complexity index is 173. The molecule has 0 heterocycles. The summed E-state index contributed by atoms with van der Waals surface area (Å²) in [6.07, 6.45) is 0. The van der Waals surface area contributed by atoms with Crippen LogP contribution in [0.2, 0.25) is 0 Å². The van der Waals surface area contributed by atoms with Crippen molar-refractivity contribution in [3.8, 4) is 0 Å². The number of nitrogens with zero attached hydrogens (tertiary/aromatic N) is 1. The van der Waals surface area contributed by atoms with Gasteiger partial charge in [-0.15, -0.1) is 0 Å². The van der Waals surface area contributed by atoms with E-state index in [0.717, 1.165) is 0 Å². The van der Waals surface area contributed by atoms with E-state index in [1.807, 2.05) is 32.8 Å². The van der Waals surface area contributed by atoms with Gasteiger partial charge in [-0.25, -0.2) is 0 Å². The molecule has 0 saturated heterocycles. The maximum Gasteiger partial charge on any atom is 0.324 e. The number of hydrogen-bond donors (Lipinski definition) is 1. The topological polar surface area (TPSA) is 55.6 Å². The summed E-state index contributed by atoms with van der Waals surface area (Å²) in [6, 6.07) is -0.543. The van der Waals surface area contributed by atoms with Gasteiger partial charge in [0.05, 0.1) is 6.61 Å². The first-order chi connectivity index (χ1) is 6.41. The van der Waals surface area contributed by atoms with Crippen LogP contribution in [0.4, 0.5) is 0 Å². The van der Waals surface area contributed by atoms with E-state index in [1.165, 1.54) is 0 Å². The van der Waals surface area contributed by atoms with Crippen molar-refractivity contribution in [2.75, 3.05) is 20.7 Å². The molecular formula is C10H22N2O2. The maximum atomic E-state index is 11.4. The maximum absolute atomic E-state index is 11.4. The molecule has 0 aliphatic heterocycles. The molecule has 14 heavy (non-hydrogen) atoms. The second-order valence-electron chi connectivity index (χ2n) is 3.98. The Morgan fingerprint density at radius 1 is 1.43 bits per heavy atom. The summed E-state index contributed by atoms with van der Waals surface area (Å²) in [4.78, 5) is 13.4. The van der Waals surface area contributed by atoms with Crippen LogP contribution in [0, 0.1) is 5.92 Å². The van der Waals surface area contributed by atoms with Gasteiger partial charge in [0.1, 0.15) is 6.04 Å². The summed E-state index contributed by atoms with van der Waals surface area (Å²) < 4.78 is 4.89. The third-order valence-electron chi connectivity index (χ3n) is 2.21. The molecule has 0 fully saturated rings. The number of carbonyl (C=O) groups is 1. The minimum atomic E-state index is -0.565. The van der Waals surface area contributed by atoms with E-state index in [-0.39, 0.29) is 12.0 Å². The summed E-state index contributed by atoms with van der Waals surface area (Å²) >= 11 is 0. The van der Waals surface area contributed by atoms with E-state index in [0.29, 0.717) is 12.5 Å². The van der Waals surface area contributed by atoms with Gasteiger partial charge in [0.25, 0.3) is 0 Å². The Kier molecular flexibility index (Phi) is 5.72. The zero-order valence-electron chi connectivity index (χ0n) is 9.78. The van der Waals surface area contributed by atoms with E-state index in [9.17, 15) is 4.79 Å². The highest BCUT2D eigenvalue weighted by molar-refractivity contribution is 5.76. The van der Waals surface area contributed by atoms with Crippen LogP contribution in [0.1, 0.15) is 20.8 Å². The van der Waals surface area contributed by atoms with Gasteiger partial charge < -0.3 is 15.4 Å². The fourth-order valence-electron chi connectivity index (χ4n) is 1.71. The number of rotatable bonds is 5. The Hall–Kier alpha value is -0.610. The van der Waals surface area contributed by atoms with Crippen LogP contribution < -0.4 is 5.73 Å². The number of hydrogen-bond acceptors (Lipinski definition) is 4. The van der Waals surface area contributed by atoms with Crippen LogP contribution in [-0.2, 0) is 9.53 Å². The second-order valence-corrected chi connectivity index (χ2v) is 3.98. The number of carbonyl (C=O) groups excluding carboxylic acids is 1. The van der Waals surface area contributed by atoms with Gasteiger partial charge in [0.2, 0.25) is 0 Å². The molecule has 0 aromatic rings. The van der Waals surface area contributed by atoms with Crippen molar-refractivity contribution >= 4 is 5.97 Å². The third-order valence-corrected chi connectivity index (χ3v) is 2.21. The molecule has 84 valence electrons. The van der Waals surface area contributed by atoms with Crippen LogP contribution in [0.5, 0.6) is 0 Å². The van der Waals surface area contributed by atoms with E-state index in [4.69, 9.17) is 10.5 Å². The van der Waals surface area contributed by atoms with Crippen molar-refractivity contribution in [1.82, 2.24) is 4.90 Å². The van der Waals surface area contributed by atoms with Crippen molar-refractivity contribution in [3.05, 3.63) is 0 Å². The summed E-state index contributed by atoms with van der Waals surface area (Å²) in [7, 11) is 3.84. The molecular weight excluding hydrogens is 180 g/mol. The minimum absolute atomic E-state index is 0.0223. The summed E-state index contributed by atoms with van der Waals surface area (Å²) in [6.45, 7) is 6.25. The second kappa shape index (κ2) is 5.98. The molecule has 2 N–H and O–H groups in total. The minimum Gasteiger partial charge on any atom is -0.465 e. The zero-order chi connectivity index (χ0) is 11.3. The third kappa shape index (κ3) is 3.64. The van der Waals surface area contributed by atoms with Gasteiger partial charge in [0.15, 0.2) is 0 Å². The van der Waals surface area contributed by atoms with Gasteiger partial charge in [-0.1, -0.05) is 13.8 Å². The average Bonchev–Trinajstić information content (AvgIpc) is 2.03. The fraction of sp³-hybridized carbons (Fsp3) is 0.900. The molecule has 0 unspecified atom stereocenters. The fourth-order valence-corrected chi connectivity index (χ4v) is 1.71. The van der Waals surface area contributed by atoms with E-state index >= 15 is 0 Å². The van der Waals surface area contributed by atoms with Gasteiger partial charge in [-0.05, 0) is 26.9 Å². The SMILES string of the molecule is CCOC(=O)[C@H](N)[C@H](C(C)C)N(C)C. The van der Waals surface area contributed by atoms with Crippen LogP contribution in [0.3, 0.4) is 0 Å². The first-order valence-corrected chi connectivity index (χ1v) is 5.00. The molecule has 4 heteroatoms. The average molecular weight is 202 g/mol. The van der Waals surface area contributed by atoms with Gasteiger partial charge in [0, 0.05) is 6.04 Å². The quantitative estimate of drug-likeness (QED) is 0.658. The van der Waals surface area contributed by atoms with Crippen molar-refractivity contribution in [1.29, 1.82) is 0 Å². The van der Waals surface area contributed by atoms with E-state index in [1.54, 1.807) is 6.92 Å². The van der Waals surface area contributed by atoms with E-state index < -0.39 is 6.04 Å². The smallest absolute Gasteiger partial charge is 0.324 e. The van der Waals surface area contributed by atoms with Gasteiger partial charge in [-0.2, -0.15) is 0 Å². The predicted octanol–water partition coefficient (Wildman–Crippen LogP) is 0.463. The lowest BCUT2D eigenvalue weighted by Gasteiger charge is -2.31. The molecule has 0 aromatic heterocycles. The van der Waals surface area contributed by atoms with Crippen molar-refractivity contribution in [2.24, 2.45) is 11.7 Å². The Morgan fingerprint density at radius 2 is 1.93 bits per heavy atom. The lowest BCUT2D eigenvalue weighted by molar-refractivity contribution is -0.146. The van der Waals surface area contributed by atoms with Gasteiger partial charge >= 0.3 is 5.97 Å². The van der Waals surface area contributed by atoms with Crippen LogP contribution in [0.25, 0.3) is 0 Å². The highest BCUT2D eigenvalue weighted by Crippen LogP contribution is 2.11. The standard InChI is InChI=1S/C10H22N2O2/c1-6-14-10(13)8(11)9(7(2)3)12(4)5/h7-9H,6,11H2,1-5H3/t8-,9+/m1/s1. The zero-order valence-corrected chi connectivity index (χ0v) is 9.78. The Balaban J connectivity index is 4.43. The Morgan fingerprint density at radius 3 is 2.21 bits per heavy atom. The predicted molar refractivity (Wildman–Crippen MR) is 56.9 cm³/mol. The molecule has 0 rings (SSSR count). The van der Waals surface area contributed by atoms with Crippen molar-refractivity contribution in [3.63, 3.8) is 0 Å². The van der Waals surface area contributed by atoms with Crippen LogP contribution in [0.15, 0.2) is 0 Å². The van der Waals surface area contributed by atoms with Crippen molar-refractivity contribution < 1.29 is 9.53 Å². The van der Waals surface area contributed by atoms with Crippen LogP contribution in [-0.4, -0.2) is 43.7 Å². The number of likely N-dealkylation sites (N-methyl/N-ethyl adjacent to an activating group) is 1. The Labute approximate surface area is 86.4 Å². The molecule has 0 spiro atoms. The van der Waals surface area contributed by atoms with Crippen LogP contribution >= 0.6 is 0 Å². The highest BCUT2D eigenvalue weighted by atomic mass is 16.5. The molecule has 4 nitrogen and oxygen atoms in total. The number of ether oxygens (including phenoxy) is 1. The summed E-state index contributed by atoms with van der Waals surface area (Å²) in [5.41, 5.74) is 5.83. The monoisotopic (exact) mass is 202 g/mol. The first-order valence-electron chi connectivity index (χ1n) is 5.00. The highest BCUT2D eigenvalue weighted by Gasteiger charge is 2.29.